The van der Waals surface area contributed by atoms with Crippen molar-refractivity contribution in [2.75, 3.05) is 5.32 Å². The fraction of sp³-hybridized carbons (Fsp3) is 0.192. The van der Waals surface area contributed by atoms with Crippen molar-refractivity contribution in [1.29, 1.82) is 0 Å². The molecule has 0 aliphatic heterocycles. The number of halogens is 4. The van der Waals surface area contributed by atoms with E-state index in [0.29, 0.717) is 23.2 Å². The van der Waals surface area contributed by atoms with Crippen molar-refractivity contribution in [2.45, 2.75) is 40.6 Å². The molecule has 4 rings (SSSR count). The number of hydrogen-bond donors (Lipinski definition) is 1. The molecule has 0 saturated carbocycles. The Bertz CT molecular complexity index is 1350. The molecule has 0 aliphatic carbocycles. The van der Waals surface area contributed by atoms with Crippen molar-refractivity contribution in [1.82, 2.24) is 14.8 Å². The standard InChI is InChI=1S/C26H22ClF3N4OS2/c1-2-22(24(35)31-21-15-17(26(28,29)30)13-14-20(21)27)37-25-33-32-23(16-36-19-11-7-4-8-12-19)34(25)18-9-5-3-6-10-18/h3-15,22H,2,16H2,1H3,(H,31,35). The average molecular weight is 563 g/mol. The smallest absolute Gasteiger partial charge is 0.324 e. The summed E-state index contributed by atoms with van der Waals surface area (Å²) in [4.78, 5) is 14.2. The maximum absolute atomic E-state index is 13.1. The molecule has 0 bridgehead atoms. The summed E-state index contributed by atoms with van der Waals surface area (Å²) in [5, 5.41) is 11.2. The highest BCUT2D eigenvalue weighted by atomic mass is 35.5. The lowest BCUT2D eigenvalue weighted by molar-refractivity contribution is -0.137. The third-order valence-electron chi connectivity index (χ3n) is 5.29. The Morgan fingerprint density at radius 2 is 1.70 bits per heavy atom. The van der Waals surface area contributed by atoms with Crippen molar-refractivity contribution >= 4 is 46.7 Å². The summed E-state index contributed by atoms with van der Waals surface area (Å²) in [6.07, 6.45) is -4.15. The zero-order valence-corrected chi connectivity index (χ0v) is 22.0. The number of carbonyl (C=O) groups excluding carboxylic acids is 1. The van der Waals surface area contributed by atoms with E-state index in [9.17, 15) is 18.0 Å². The predicted octanol–water partition coefficient (Wildman–Crippen LogP) is 7.74. The number of hydrogen-bond acceptors (Lipinski definition) is 5. The Balaban J connectivity index is 1.57. The quantitative estimate of drug-likeness (QED) is 0.211. The van der Waals surface area contributed by atoms with Crippen LogP contribution in [0.1, 0.15) is 24.7 Å². The number of amides is 1. The minimum Gasteiger partial charge on any atom is -0.324 e. The first-order chi connectivity index (χ1) is 17.8. The van der Waals surface area contributed by atoms with E-state index in [1.807, 2.05) is 72.2 Å². The van der Waals surface area contributed by atoms with Gasteiger partial charge in [0.1, 0.15) is 5.82 Å². The fourth-order valence-corrected chi connectivity index (χ4v) is 5.42. The van der Waals surface area contributed by atoms with Crippen LogP contribution in [0.5, 0.6) is 0 Å². The van der Waals surface area contributed by atoms with Gasteiger partial charge in [-0.1, -0.05) is 66.7 Å². The number of aromatic nitrogens is 3. The van der Waals surface area contributed by atoms with Gasteiger partial charge < -0.3 is 5.32 Å². The molecular weight excluding hydrogens is 541 g/mol. The van der Waals surface area contributed by atoms with Gasteiger partial charge in [0.05, 0.1) is 27.3 Å². The molecule has 3 aromatic carbocycles. The number of alkyl halides is 3. The normalized spacial score (nSPS) is 12.4. The van der Waals surface area contributed by atoms with Gasteiger partial charge in [-0.2, -0.15) is 13.2 Å². The molecule has 1 atom stereocenters. The van der Waals surface area contributed by atoms with Crippen molar-refractivity contribution in [3.8, 4) is 5.69 Å². The van der Waals surface area contributed by atoms with Gasteiger partial charge in [0.15, 0.2) is 5.16 Å². The first kappa shape index (κ1) is 27.1. The number of nitrogens with zero attached hydrogens (tertiary/aromatic N) is 3. The molecular formula is C26H22ClF3N4OS2. The van der Waals surface area contributed by atoms with E-state index in [0.717, 1.165) is 28.8 Å². The van der Waals surface area contributed by atoms with Gasteiger partial charge in [-0.25, -0.2) is 0 Å². The lowest BCUT2D eigenvalue weighted by Crippen LogP contribution is -2.25. The van der Waals surface area contributed by atoms with E-state index in [1.54, 1.807) is 11.8 Å². The predicted molar refractivity (Wildman–Crippen MR) is 142 cm³/mol. The number of para-hydroxylation sites is 1. The third-order valence-corrected chi connectivity index (χ3v) is 7.93. The molecule has 11 heteroatoms. The maximum Gasteiger partial charge on any atom is 0.416 e. The highest BCUT2D eigenvalue weighted by Crippen LogP contribution is 2.35. The highest BCUT2D eigenvalue weighted by Gasteiger charge is 2.31. The van der Waals surface area contributed by atoms with Crippen LogP contribution in [-0.4, -0.2) is 25.9 Å². The third kappa shape index (κ3) is 6.88. The molecule has 1 unspecified atom stereocenters. The van der Waals surface area contributed by atoms with E-state index >= 15 is 0 Å². The summed E-state index contributed by atoms with van der Waals surface area (Å²) in [7, 11) is 0. The van der Waals surface area contributed by atoms with Crippen LogP contribution in [0.15, 0.2) is 88.9 Å². The van der Waals surface area contributed by atoms with Crippen LogP contribution in [0.3, 0.4) is 0 Å². The molecule has 192 valence electrons. The van der Waals surface area contributed by atoms with Crippen LogP contribution in [0.4, 0.5) is 18.9 Å². The second-order valence-corrected chi connectivity index (χ2v) is 10.5. The van der Waals surface area contributed by atoms with Gasteiger partial charge in [0, 0.05) is 10.6 Å². The molecule has 0 saturated heterocycles. The van der Waals surface area contributed by atoms with Crippen LogP contribution >= 0.6 is 35.1 Å². The molecule has 0 fully saturated rings. The lowest BCUT2D eigenvalue weighted by atomic mass is 10.2. The van der Waals surface area contributed by atoms with Crippen molar-refractivity contribution < 1.29 is 18.0 Å². The van der Waals surface area contributed by atoms with Gasteiger partial charge in [0.2, 0.25) is 5.91 Å². The summed E-state index contributed by atoms with van der Waals surface area (Å²) in [5.41, 5.74) is -0.142. The molecule has 0 spiro atoms. The van der Waals surface area contributed by atoms with Crippen molar-refractivity contribution in [3.05, 3.63) is 95.3 Å². The molecule has 5 nitrogen and oxygen atoms in total. The monoisotopic (exact) mass is 562 g/mol. The Morgan fingerprint density at radius 3 is 2.35 bits per heavy atom. The molecule has 0 aliphatic rings. The number of anilines is 1. The van der Waals surface area contributed by atoms with Gasteiger partial charge in [0.25, 0.3) is 0 Å². The van der Waals surface area contributed by atoms with Gasteiger partial charge in [-0.05, 0) is 48.9 Å². The fourth-order valence-electron chi connectivity index (χ4n) is 3.43. The lowest BCUT2D eigenvalue weighted by Gasteiger charge is -2.17. The van der Waals surface area contributed by atoms with E-state index < -0.39 is 22.9 Å². The first-order valence-corrected chi connectivity index (χ1v) is 13.5. The summed E-state index contributed by atoms with van der Waals surface area (Å²) in [5.74, 6) is 0.783. The summed E-state index contributed by atoms with van der Waals surface area (Å²) in [6.45, 7) is 1.82. The minimum atomic E-state index is -4.55. The van der Waals surface area contributed by atoms with Crippen molar-refractivity contribution in [3.63, 3.8) is 0 Å². The minimum absolute atomic E-state index is 0.0221. The summed E-state index contributed by atoms with van der Waals surface area (Å²) in [6, 6.07) is 22.3. The van der Waals surface area contributed by atoms with Gasteiger partial charge in [-0.15, -0.1) is 22.0 Å². The van der Waals surface area contributed by atoms with Crippen LogP contribution < -0.4 is 5.32 Å². The summed E-state index contributed by atoms with van der Waals surface area (Å²) >= 11 is 8.89. The van der Waals surface area contributed by atoms with E-state index in [1.165, 1.54) is 11.8 Å². The van der Waals surface area contributed by atoms with Crippen LogP contribution in [-0.2, 0) is 16.7 Å². The van der Waals surface area contributed by atoms with Crippen LogP contribution in [0, 0.1) is 0 Å². The number of benzene rings is 3. The van der Waals surface area contributed by atoms with E-state index in [2.05, 4.69) is 15.5 Å². The second kappa shape index (κ2) is 12.1. The van der Waals surface area contributed by atoms with E-state index in [-0.39, 0.29) is 10.7 Å². The Hall–Kier alpha value is -2.95. The van der Waals surface area contributed by atoms with Gasteiger partial charge in [-0.3, -0.25) is 9.36 Å². The Labute approximate surface area is 225 Å². The number of thioether (sulfide) groups is 2. The highest BCUT2D eigenvalue weighted by molar-refractivity contribution is 8.00. The van der Waals surface area contributed by atoms with Crippen LogP contribution in [0.2, 0.25) is 5.02 Å². The molecule has 4 aromatic rings. The number of carbonyl (C=O) groups is 1. The number of nitrogens with one attached hydrogen (secondary N) is 1. The average Bonchev–Trinajstić information content (AvgIpc) is 3.30. The molecule has 1 N–H and O–H groups in total. The Kier molecular flexibility index (Phi) is 8.83. The van der Waals surface area contributed by atoms with Crippen molar-refractivity contribution in [2.24, 2.45) is 0 Å². The molecule has 0 radical (unpaired) electrons. The first-order valence-electron chi connectivity index (χ1n) is 11.3. The van der Waals surface area contributed by atoms with E-state index in [4.69, 9.17) is 11.6 Å². The molecule has 1 amide bonds. The zero-order chi connectivity index (χ0) is 26.4. The largest absolute Gasteiger partial charge is 0.416 e. The zero-order valence-electron chi connectivity index (χ0n) is 19.6. The van der Waals surface area contributed by atoms with Crippen LogP contribution in [0.25, 0.3) is 5.69 Å². The maximum atomic E-state index is 13.1. The molecule has 1 aromatic heterocycles. The van der Waals surface area contributed by atoms with Gasteiger partial charge >= 0.3 is 6.18 Å². The SMILES string of the molecule is CCC(Sc1nnc(CSc2ccccc2)n1-c1ccccc1)C(=O)Nc1cc(C(F)(F)F)ccc1Cl. The number of rotatable bonds is 9. The topological polar surface area (TPSA) is 59.8 Å². The molecule has 1 heterocycles. The molecule has 37 heavy (non-hydrogen) atoms. The second-order valence-electron chi connectivity index (χ2n) is 7.87. The Morgan fingerprint density at radius 1 is 1.03 bits per heavy atom. The summed E-state index contributed by atoms with van der Waals surface area (Å²) < 4.78 is 41.3.